The normalized spacial score (nSPS) is 16.8. The lowest BCUT2D eigenvalue weighted by atomic mass is 10.2. The summed E-state index contributed by atoms with van der Waals surface area (Å²) < 4.78 is 0.895. The van der Waals surface area contributed by atoms with Gasteiger partial charge in [-0.3, -0.25) is 14.5 Å². The first kappa shape index (κ1) is 15.5. The minimum Gasteiger partial charge on any atom is -0.268 e. The van der Waals surface area contributed by atoms with Gasteiger partial charge in [-0.2, -0.15) is 0 Å². The van der Waals surface area contributed by atoms with Crippen LogP contribution in [0.15, 0.2) is 45.8 Å². The zero-order valence-electron chi connectivity index (χ0n) is 11.7. The van der Waals surface area contributed by atoms with Crippen molar-refractivity contribution in [2.75, 3.05) is 0 Å². The van der Waals surface area contributed by atoms with Crippen LogP contribution < -0.4 is 0 Å². The van der Waals surface area contributed by atoms with Crippen LogP contribution in [0.25, 0.3) is 6.08 Å². The van der Waals surface area contributed by atoms with Crippen molar-refractivity contribution in [3.05, 3.63) is 61.1 Å². The summed E-state index contributed by atoms with van der Waals surface area (Å²) in [5, 5.41) is -0.222. The highest BCUT2D eigenvalue weighted by Crippen LogP contribution is 2.35. The lowest BCUT2D eigenvalue weighted by Gasteiger charge is -2.13. The van der Waals surface area contributed by atoms with Gasteiger partial charge < -0.3 is 0 Å². The Kier molecular flexibility index (Phi) is 4.52. The molecule has 0 radical (unpaired) electrons. The molecule has 0 bridgehead atoms. The molecule has 0 N–H and O–H groups in total. The Bertz CT molecular complexity index is 782. The summed E-state index contributed by atoms with van der Waals surface area (Å²) in [6.07, 6.45) is 1.79. The number of benzene rings is 1. The van der Waals surface area contributed by atoms with Crippen LogP contribution in [0.5, 0.6) is 0 Å². The molecular formula is C16H12BrNO2S2. The lowest BCUT2D eigenvalue weighted by Crippen LogP contribution is -2.27. The van der Waals surface area contributed by atoms with E-state index in [0.717, 1.165) is 26.7 Å². The number of hydrogen-bond donors (Lipinski definition) is 0. The van der Waals surface area contributed by atoms with Gasteiger partial charge in [0, 0.05) is 14.2 Å². The molecule has 3 rings (SSSR count). The maximum absolute atomic E-state index is 12.4. The van der Waals surface area contributed by atoms with E-state index in [1.165, 1.54) is 9.78 Å². The van der Waals surface area contributed by atoms with Gasteiger partial charge in [-0.05, 0) is 48.5 Å². The van der Waals surface area contributed by atoms with E-state index in [9.17, 15) is 9.59 Å². The van der Waals surface area contributed by atoms with E-state index in [1.54, 1.807) is 17.4 Å². The van der Waals surface area contributed by atoms with Crippen molar-refractivity contribution in [3.8, 4) is 0 Å². The number of thiophene rings is 1. The van der Waals surface area contributed by atoms with E-state index in [2.05, 4.69) is 15.9 Å². The molecule has 1 aromatic heterocycles. The predicted molar refractivity (Wildman–Crippen MR) is 94.7 cm³/mol. The van der Waals surface area contributed by atoms with Crippen molar-refractivity contribution < 1.29 is 9.59 Å². The van der Waals surface area contributed by atoms with Gasteiger partial charge in [0.05, 0.1) is 11.4 Å². The van der Waals surface area contributed by atoms with Crippen molar-refractivity contribution in [1.82, 2.24) is 4.90 Å². The fourth-order valence-corrected chi connectivity index (χ4v) is 4.23. The van der Waals surface area contributed by atoms with Crippen molar-refractivity contribution >= 4 is 56.3 Å². The van der Waals surface area contributed by atoms with Crippen molar-refractivity contribution in [2.24, 2.45) is 0 Å². The molecule has 112 valence electrons. The monoisotopic (exact) mass is 393 g/mol. The van der Waals surface area contributed by atoms with E-state index >= 15 is 0 Å². The van der Waals surface area contributed by atoms with Gasteiger partial charge in [0.25, 0.3) is 11.1 Å². The predicted octanol–water partition coefficient (Wildman–Crippen LogP) is 5.06. The van der Waals surface area contributed by atoms with Gasteiger partial charge in [0.2, 0.25) is 0 Å². The van der Waals surface area contributed by atoms with Gasteiger partial charge in [0.15, 0.2) is 0 Å². The Labute approximate surface area is 145 Å². The Hall–Kier alpha value is -1.37. The average molecular weight is 394 g/mol. The molecule has 2 aromatic rings. The van der Waals surface area contributed by atoms with Crippen LogP contribution in [0.1, 0.15) is 15.3 Å². The lowest BCUT2D eigenvalue weighted by molar-refractivity contribution is -0.123. The molecule has 1 fully saturated rings. The number of thioether (sulfide) groups is 1. The maximum Gasteiger partial charge on any atom is 0.293 e. The Morgan fingerprint density at radius 2 is 1.95 bits per heavy atom. The van der Waals surface area contributed by atoms with Gasteiger partial charge >= 0.3 is 0 Å². The van der Waals surface area contributed by atoms with E-state index < -0.39 is 0 Å². The van der Waals surface area contributed by atoms with E-state index in [-0.39, 0.29) is 17.7 Å². The molecule has 1 saturated heterocycles. The number of amides is 2. The van der Waals surface area contributed by atoms with Crippen LogP contribution in [0, 0.1) is 6.92 Å². The van der Waals surface area contributed by atoms with Gasteiger partial charge in [0.1, 0.15) is 0 Å². The first-order chi connectivity index (χ1) is 10.5. The van der Waals surface area contributed by atoms with Crippen molar-refractivity contribution in [3.63, 3.8) is 0 Å². The molecule has 0 saturated carbocycles. The largest absolute Gasteiger partial charge is 0.293 e. The molecule has 0 spiro atoms. The summed E-state index contributed by atoms with van der Waals surface area (Å²) in [5.41, 5.74) is 0.915. The summed E-state index contributed by atoms with van der Waals surface area (Å²) in [7, 11) is 0. The molecular weight excluding hydrogens is 382 g/mol. The SMILES string of the molecule is Cc1ccc(/C=C2/SC(=O)N(Cc3ccccc3Br)C2=O)s1. The van der Waals surface area contributed by atoms with Gasteiger partial charge in [-0.1, -0.05) is 34.1 Å². The third-order valence-corrected chi connectivity index (χ3v) is 5.82. The second-order valence-electron chi connectivity index (χ2n) is 4.81. The van der Waals surface area contributed by atoms with Crippen LogP contribution >= 0.6 is 39.0 Å². The van der Waals surface area contributed by atoms with Crippen molar-refractivity contribution in [2.45, 2.75) is 13.5 Å². The number of carbonyl (C=O) groups is 2. The second-order valence-corrected chi connectivity index (χ2v) is 7.97. The van der Waals surface area contributed by atoms with Crippen LogP contribution in [-0.2, 0) is 11.3 Å². The van der Waals surface area contributed by atoms with Gasteiger partial charge in [-0.15, -0.1) is 11.3 Å². The van der Waals surface area contributed by atoms with Crippen molar-refractivity contribution in [1.29, 1.82) is 0 Å². The minimum atomic E-state index is -0.225. The third-order valence-electron chi connectivity index (χ3n) is 3.19. The molecule has 3 nitrogen and oxygen atoms in total. The number of carbonyl (C=O) groups excluding carboxylic acids is 2. The van der Waals surface area contributed by atoms with E-state index in [1.807, 2.05) is 43.3 Å². The molecule has 0 aliphatic carbocycles. The summed E-state index contributed by atoms with van der Waals surface area (Å²) in [6.45, 7) is 2.30. The smallest absolute Gasteiger partial charge is 0.268 e. The Morgan fingerprint density at radius 3 is 2.64 bits per heavy atom. The van der Waals surface area contributed by atoms with Crippen LogP contribution in [-0.4, -0.2) is 16.0 Å². The molecule has 1 aromatic carbocycles. The number of rotatable bonds is 3. The molecule has 2 heterocycles. The molecule has 0 atom stereocenters. The third kappa shape index (κ3) is 3.19. The Morgan fingerprint density at radius 1 is 1.18 bits per heavy atom. The minimum absolute atomic E-state index is 0.222. The van der Waals surface area contributed by atoms with E-state index in [0.29, 0.717) is 4.91 Å². The summed E-state index contributed by atoms with van der Waals surface area (Å²) in [5.74, 6) is -0.225. The molecule has 1 aliphatic heterocycles. The summed E-state index contributed by atoms with van der Waals surface area (Å²) >= 11 is 6.05. The van der Waals surface area contributed by atoms with Gasteiger partial charge in [-0.25, -0.2) is 0 Å². The standard InChI is InChI=1S/C16H12BrNO2S2/c1-10-6-7-12(21-10)8-14-15(19)18(16(20)22-14)9-11-4-2-3-5-13(11)17/h2-8H,9H2,1H3/b14-8+. The van der Waals surface area contributed by atoms with E-state index in [4.69, 9.17) is 0 Å². The average Bonchev–Trinajstić information content (AvgIpc) is 3.00. The number of hydrogen-bond acceptors (Lipinski definition) is 4. The molecule has 6 heteroatoms. The number of imide groups is 1. The fraction of sp³-hybridized carbons (Fsp3) is 0.125. The molecule has 2 amide bonds. The zero-order valence-corrected chi connectivity index (χ0v) is 14.9. The maximum atomic E-state index is 12.4. The molecule has 0 unspecified atom stereocenters. The summed E-state index contributed by atoms with van der Waals surface area (Å²) in [4.78, 5) is 28.5. The molecule has 22 heavy (non-hydrogen) atoms. The highest BCUT2D eigenvalue weighted by molar-refractivity contribution is 9.10. The molecule has 1 aliphatic rings. The highest BCUT2D eigenvalue weighted by Gasteiger charge is 2.35. The summed E-state index contributed by atoms with van der Waals surface area (Å²) in [6, 6.07) is 11.6. The first-order valence-corrected chi connectivity index (χ1v) is 9.02. The zero-order chi connectivity index (χ0) is 15.7. The Balaban J connectivity index is 1.83. The number of nitrogens with zero attached hydrogens (tertiary/aromatic N) is 1. The topological polar surface area (TPSA) is 37.4 Å². The number of aryl methyl sites for hydroxylation is 1. The number of halogens is 1. The van der Waals surface area contributed by atoms with Crippen LogP contribution in [0.2, 0.25) is 0 Å². The van der Waals surface area contributed by atoms with Crippen LogP contribution in [0.3, 0.4) is 0 Å². The van der Waals surface area contributed by atoms with Crippen LogP contribution in [0.4, 0.5) is 4.79 Å². The fourth-order valence-electron chi connectivity index (χ4n) is 2.09. The first-order valence-electron chi connectivity index (χ1n) is 6.60. The highest BCUT2D eigenvalue weighted by atomic mass is 79.9. The second kappa shape index (κ2) is 6.40. The quantitative estimate of drug-likeness (QED) is 0.684.